The van der Waals surface area contributed by atoms with E-state index in [0.29, 0.717) is 35.5 Å². The molecule has 0 spiro atoms. The monoisotopic (exact) mass is 413 g/mol. The van der Waals surface area contributed by atoms with Crippen molar-refractivity contribution in [2.45, 2.75) is 20.3 Å². The number of rotatable bonds is 2. The number of carbonyl (C=O) groups excluding carboxylic acids is 3. The van der Waals surface area contributed by atoms with Gasteiger partial charge in [0.1, 0.15) is 0 Å². The molecule has 6 nitrogen and oxygen atoms in total. The second-order valence-corrected chi connectivity index (χ2v) is 7.39. The van der Waals surface area contributed by atoms with Crippen LogP contribution in [-0.4, -0.2) is 48.8 Å². The Labute approximate surface area is 176 Å². The molecule has 29 heavy (non-hydrogen) atoms. The minimum atomic E-state index is -0.374. The van der Waals surface area contributed by atoms with E-state index in [0.717, 1.165) is 30.6 Å². The van der Waals surface area contributed by atoms with Crippen molar-refractivity contribution in [1.82, 2.24) is 10.2 Å². The molecule has 0 bridgehead atoms. The molecule has 0 unspecified atom stereocenters. The van der Waals surface area contributed by atoms with Gasteiger partial charge in [0.15, 0.2) is 0 Å². The van der Waals surface area contributed by atoms with E-state index in [9.17, 15) is 14.4 Å². The number of anilines is 1. The largest absolute Gasteiger partial charge is 0.337 e. The van der Waals surface area contributed by atoms with Gasteiger partial charge in [0.2, 0.25) is 0 Å². The zero-order valence-corrected chi connectivity index (χ0v) is 17.3. The molecule has 1 N–H and O–H groups in total. The van der Waals surface area contributed by atoms with Gasteiger partial charge >= 0.3 is 0 Å². The van der Waals surface area contributed by atoms with Gasteiger partial charge in [-0.2, -0.15) is 0 Å². The van der Waals surface area contributed by atoms with E-state index in [1.54, 1.807) is 23.1 Å². The maximum absolute atomic E-state index is 13.0. The molecule has 2 aliphatic heterocycles. The van der Waals surface area contributed by atoms with Crippen LogP contribution >= 0.6 is 12.4 Å². The third-order valence-electron chi connectivity index (χ3n) is 5.37. The van der Waals surface area contributed by atoms with Crippen molar-refractivity contribution in [3.63, 3.8) is 0 Å². The number of hydrogen-bond donors (Lipinski definition) is 1. The third-order valence-corrected chi connectivity index (χ3v) is 5.37. The van der Waals surface area contributed by atoms with Crippen LogP contribution in [0.5, 0.6) is 0 Å². The van der Waals surface area contributed by atoms with Crippen molar-refractivity contribution in [3.05, 3.63) is 64.2 Å². The Kier molecular flexibility index (Phi) is 6.05. The molecule has 2 aliphatic rings. The Balaban J connectivity index is 0.00000240. The van der Waals surface area contributed by atoms with Crippen molar-refractivity contribution in [3.8, 4) is 0 Å². The summed E-state index contributed by atoms with van der Waals surface area (Å²) < 4.78 is 0. The summed E-state index contributed by atoms with van der Waals surface area (Å²) in [4.78, 5) is 41.8. The number of nitrogens with one attached hydrogen (secondary N) is 1. The Morgan fingerprint density at radius 3 is 2.48 bits per heavy atom. The Bertz CT molecular complexity index is 981. The molecule has 0 aromatic heterocycles. The fourth-order valence-electron chi connectivity index (χ4n) is 3.78. The second-order valence-electron chi connectivity index (χ2n) is 7.39. The van der Waals surface area contributed by atoms with E-state index in [4.69, 9.17) is 0 Å². The molecule has 2 heterocycles. The van der Waals surface area contributed by atoms with Crippen molar-refractivity contribution < 1.29 is 14.4 Å². The first-order valence-corrected chi connectivity index (χ1v) is 9.57. The predicted molar refractivity (Wildman–Crippen MR) is 114 cm³/mol. The van der Waals surface area contributed by atoms with Gasteiger partial charge in [-0.05, 0) is 62.2 Å². The molecule has 0 saturated carbocycles. The van der Waals surface area contributed by atoms with Gasteiger partial charge in [0.05, 0.1) is 16.8 Å². The highest BCUT2D eigenvalue weighted by Gasteiger charge is 2.38. The summed E-state index contributed by atoms with van der Waals surface area (Å²) in [6, 6.07) is 10.5. The van der Waals surface area contributed by atoms with Crippen LogP contribution in [0, 0.1) is 13.8 Å². The van der Waals surface area contributed by atoms with Gasteiger partial charge in [-0.3, -0.25) is 14.4 Å². The minimum Gasteiger partial charge on any atom is -0.337 e. The summed E-state index contributed by atoms with van der Waals surface area (Å²) in [6.07, 6.45) is 0.897. The molecule has 152 valence electrons. The highest BCUT2D eigenvalue weighted by molar-refractivity contribution is 6.35. The summed E-state index contributed by atoms with van der Waals surface area (Å²) >= 11 is 0. The molecular weight excluding hydrogens is 390 g/mol. The van der Waals surface area contributed by atoms with Crippen molar-refractivity contribution in [2.75, 3.05) is 31.1 Å². The number of carbonyl (C=O) groups is 3. The maximum atomic E-state index is 13.0. The second kappa shape index (κ2) is 8.35. The molecule has 4 rings (SSSR count). The van der Waals surface area contributed by atoms with Crippen molar-refractivity contribution in [2.24, 2.45) is 0 Å². The summed E-state index contributed by atoms with van der Waals surface area (Å²) in [6.45, 7) is 6.77. The highest BCUT2D eigenvalue weighted by Crippen LogP contribution is 2.32. The number of imide groups is 1. The van der Waals surface area contributed by atoms with Gasteiger partial charge in [0.25, 0.3) is 17.7 Å². The lowest BCUT2D eigenvalue weighted by atomic mass is 10.0. The van der Waals surface area contributed by atoms with E-state index in [1.807, 2.05) is 32.0 Å². The number of nitrogens with zero attached hydrogens (tertiary/aromatic N) is 2. The van der Waals surface area contributed by atoms with E-state index >= 15 is 0 Å². The van der Waals surface area contributed by atoms with Crippen LogP contribution in [-0.2, 0) is 0 Å². The lowest BCUT2D eigenvalue weighted by Gasteiger charge is -2.20. The number of halogens is 1. The minimum absolute atomic E-state index is 0. The van der Waals surface area contributed by atoms with Gasteiger partial charge in [-0.1, -0.05) is 12.1 Å². The standard InChI is InChI=1S/C22H23N3O3.ClH/c1-14-4-5-15(2)19(12-14)25-21(27)17-7-6-16(13-18(17)22(25)28)20(26)24-10-3-8-23-9-11-24;/h4-7,12-13,23H,3,8-11H2,1-2H3;1H. The number of benzene rings is 2. The van der Waals surface area contributed by atoms with Crippen molar-refractivity contribution >= 4 is 35.8 Å². The quantitative estimate of drug-likeness (QED) is 0.768. The van der Waals surface area contributed by atoms with Crippen LogP contribution in [0.3, 0.4) is 0 Å². The first-order valence-electron chi connectivity index (χ1n) is 9.57. The van der Waals surface area contributed by atoms with E-state index in [-0.39, 0.29) is 30.1 Å². The summed E-state index contributed by atoms with van der Waals surface area (Å²) in [5.41, 5.74) is 3.52. The molecule has 3 amide bonds. The summed E-state index contributed by atoms with van der Waals surface area (Å²) in [5.74, 6) is -0.815. The van der Waals surface area contributed by atoms with Crippen LogP contribution < -0.4 is 10.2 Å². The SMILES string of the molecule is Cc1ccc(C)c(N2C(=O)c3ccc(C(=O)N4CCCNCC4)cc3C2=O)c1.Cl. The van der Waals surface area contributed by atoms with Crippen LogP contribution in [0.15, 0.2) is 36.4 Å². The summed E-state index contributed by atoms with van der Waals surface area (Å²) in [5, 5.41) is 3.27. The van der Waals surface area contributed by atoms with Gasteiger partial charge in [-0.25, -0.2) is 4.90 Å². The molecule has 0 aliphatic carbocycles. The highest BCUT2D eigenvalue weighted by atomic mass is 35.5. The third kappa shape index (κ3) is 3.78. The first kappa shape index (κ1) is 21.0. The number of aryl methyl sites for hydroxylation is 2. The Morgan fingerprint density at radius 1 is 0.931 bits per heavy atom. The number of fused-ring (bicyclic) bond motifs is 1. The predicted octanol–water partition coefficient (Wildman–Crippen LogP) is 2.96. The number of hydrogen-bond acceptors (Lipinski definition) is 4. The number of amides is 3. The van der Waals surface area contributed by atoms with Gasteiger partial charge in [0, 0.05) is 25.2 Å². The molecule has 0 radical (unpaired) electrons. The lowest BCUT2D eigenvalue weighted by molar-refractivity contribution is 0.0766. The van der Waals surface area contributed by atoms with E-state index in [2.05, 4.69) is 5.32 Å². The zero-order chi connectivity index (χ0) is 19.8. The Morgan fingerprint density at radius 2 is 1.69 bits per heavy atom. The smallest absolute Gasteiger partial charge is 0.266 e. The molecule has 7 heteroatoms. The molecule has 2 aromatic carbocycles. The normalized spacial score (nSPS) is 16.3. The fourth-order valence-corrected chi connectivity index (χ4v) is 3.78. The van der Waals surface area contributed by atoms with Crippen LogP contribution in [0.1, 0.15) is 48.6 Å². The fraction of sp³-hybridized carbons (Fsp3) is 0.318. The molecule has 1 saturated heterocycles. The van der Waals surface area contributed by atoms with Crippen LogP contribution in [0.2, 0.25) is 0 Å². The average molecular weight is 414 g/mol. The zero-order valence-electron chi connectivity index (χ0n) is 16.5. The van der Waals surface area contributed by atoms with Crippen LogP contribution in [0.25, 0.3) is 0 Å². The Hall–Kier alpha value is -2.70. The molecular formula is C22H24ClN3O3. The molecule has 2 aromatic rings. The molecule has 1 fully saturated rings. The first-order chi connectivity index (χ1) is 13.5. The van der Waals surface area contributed by atoms with Gasteiger partial charge in [-0.15, -0.1) is 12.4 Å². The van der Waals surface area contributed by atoms with Gasteiger partial charge < -0.3 is 10.2 Å². The van der Waals surface area contributed by atoms with E-state index in [1.165, 1.54) is 4.90 Å². The van der Waals surface area contributed by atoms with E-state index < -0.39 is 0 Å². The average Bonchev–Trinajstić information content (AvgIpc) is 2.88. The van der Waals surface area contributed by atoms with Crippen molar-refractivity contribution in [1.29, 1.82) is 0 Å². The lowest BCUT2D eigenvalue weighted by Crippen LogP contribution is -2.34. The summed E-state index contributed by atoms with van der Waals surface area (Å²) in [7, 11) is 0. The maximum Gasteiger partial charge on any atom is 0.266 e. The molecule has 0 atom stereocenters. The van der Waals surface area contributed by atoms with Crippen LogP contribution in [0.4, 0.5) is 5.69 Å². The topological polar surface area (TPSA) is 69.7 Å².